The molecule has 0 aromatic heterocycles. The van der Waals surface area contributed by atoms with Crippen LogP contribution in [0.4, 0.5) is 15.8 Å². The van der Waals surface area contributed by atoms with Crippen molar-refractivity contribution in [3.63, 3.8) is 0 Å². The average molecular weight is 283 g/mol. The lowest BCUT2D eigenvalue weighted by Crippen LogP contribution is -2.43. The Morgan fingerprint density at radius 2 is 2.25 bits per heavy atom. The number of nitrogens with zero attached hydrogens (tertiary/aromatic N) is 2. The van der Waals surface area contributed by atoms with Crippen molar-refractivity contribution in [3.8, 4) is 0 Å². The smallest absolute Gasteiger partial charge is 0.342 e. The molecule has 1 saturated heterocycles. The van der Waals surface area contributed by atoms with E-state index < -0.39 is 28.0 Å². The number of benzene rings is 1. The predicted molar refractivity (Wildman–Crippen MR) is 69.4 cm³/mol. The molecule has 0 aliphatic carbocycles. The standard InChI is InChI=1S/C12H14FN3O4/c13-9-5-10(16(19)20)8(12(17)18)4-11(9)15-3-1-2-7(14)6-15/h4-5,7H,1-3,6,14H2,(H,17,18). The summed E-state index contributed by atoms with van der Waals surface area (Å²) < 4.78 is 14.0. The number of piperidine rings is 1. The maximum atomic E-state index is 14.0. The van der Waals surface area contributed by atoms with E-state index in [1.54, 1.807) is 4.90 Å². The van der Waals surface area contributed by atoms with Gasteiger partial charge in [-0.1, -0.05) is 0 Å². The number of anilines is 1. The van der Waals surface area contributed by atoms with Crippen LogP contribution in [0, 0.1) is 15.9 Å². The fourth-order valence-electron chi connectivity index (χ4n) is 2.34. The van der Waals surface area contributed by atoms with Crippen LogP contribution >= 0.6 is 0 Å². The molecule has 8 heteroatoms. The van der Waals surface area contributed by atoms with Crippen LogP contribution in [-0.2, 0) is 0 Å². The summed E-state index contributed by atoms with van der Waals surface area (Å²) in [5.41, 5.74) is 4.57. The van der Waals surface area contributed by atoms with Gasteiger partial charge in [-0.3, -0.25) is 10.1 Å². The number of halogens is 1. The molecule has 0 saturated carbocycles. The minimum absolute atomic E-state index is 0.0446. The van der Waals surface area contributed by atoms with E-state index in [2.05, 4.69) is 0 Å². The Bertz CT molecular complexity index is 564. The van der Waals surface area contributed by atoms with Crippen molar-refractivity contribution in [1.29, 1.82) is 0 Å². The zero-order valence-corrected chi connectivity index (χ0v) is 10.6. The van der Waals surface area contributed by atoms with E-state index in [1.165, 1.54) is 0 Å². The highest BCUT2D eigenvalue weighted by Crippen LogP contribution is 2.30. The summed E-state index contributed by atoms with van der Waals surface area (Å²) in [7, 11) is 0. The molecule has 1 aliphatic rings. The predicted octanol–water partition coefficient (Wildman–Crippen LogP) is 1.36. The SMILES string of the molecule is NC1CCCN(c2cc(C(=O)O)c([N+](=O)[O-])cc2F)C1. The van der Waals surface area contributed by atoms with Gasteiger partial charge in [-0.05, 0) is 18.9 Å². The van der Waals surface area contributed by atoms with E-state index in [0.29, 0.717) is 19.2 Å². The van der Waals surface area contributed by atoms with E-state index in [-0.39, 0.29) is 11.7 Å². The molecule has 7 nitrogen and oxygen atoms in total. The molecule has 1 aromatic rings. The number of hydrogen-bond donors (Lipinski definition) is 2. The highest BCUT2D eigenvalue weighted by molar-refractivity contribution is 5.93. The first-order valence-corrected chi connectivity index (χ1v) is 6.12. The monoisotopic (exact) mass is 283 g/mol. The second-order valence-corrected chi connectivity index (χ2v) is 4.73. The first-order chi connectivity index (χ1) is 9.40. The normalized spacial score (nSPS) is 18.9. The Morgan fingerprint density at radius 3 is 2.80 bits per heavy atom. The molecule has 2 rings (SSSR count). The molecular weight excluding hydrogens is 269 g/mol. The van der Waals surface area contributed by atoms with E-state index in [1.807, 2.05) is 0 Å². The fourth-order valence-corrected chi connectivity index (χ4v) is 2.34. The van der Waals surface area contributed by atoms with Gasteiger partial charge in [0.05, 0.1) is 16.7 Å². The van der Waals surface area contributed by atoms with E-state index in [4.69, 9.17) is 10.8 Å². The fraction of sp³-hybridized carbons (Fsp3) is 0.417. The van der Waals surface area contributed by atoms with Gasteiger partial charge in [-0.2, -0.15) is 0 Å². The second-order valence-electron chi connectivity index (χ2n) is 4.73. The van der Waals surface area contributed by atoms with Gasteiger partial charge in [0, 0.05) is 19.1 Å². The Hall–Kier alpha value is -2.22. The molecule has 0 bridgehead atoms. The summed E-state index contributed by atoms with van der Waals surface area (Å²) >= 11 is 0. The molecule has 1 heterocycles. The third kappa shape index (κ3) is 2.69. The molecule has 0 amide bonds. The van der Waals surface area contributed by atoms with Crippen molar-refractivity contribution >= 4 is 17.3 Å². The zero-order chi connectivity index (χ0) is 14.9. The van der Waals surface area contributed by atoms with Gasteiger partial charge in [0.1, 0.15) is 5.56 Å². The number of carbonyl (C=O) groups is 1. The van der Waals surface area contributed by atoms with Crippen LogP contribution in [0.5, 0.6) is 0 Å². The Kier molecular flexibility index (Phi) is 3.84. The van der Waals surface area contributed by atoms with Crippen LogP contribution in [-0.4, -0.2) is 35.1 Å². The van der Waals surface area contributed by atoms with Gasteiger partial charge in [-0.25, -0.2) is 9.18 Å². The summed E-state index contributed by atoms with van der Waals surface area (Å²) in [6, 6.07) is 1.54. The molecule has 0 spiro atoms. The maximum absolute atomic E-state index is 14.0. The average Bonchev–Trinajstić information content (AvgIpc) is 2.37. The van der Waals surface area contributed by atoms with Gasteiger partial charge < -0.3 is 15.7 Å². The Labute approximate surface area is 113 Å². The summed E-state index contributed by atoms with van der Waals surface area (Å²) in [5.74, 6) is -2.27. The van der Waals surface area contributed by atoms with Gasteiger partial charge in [0.25, 0.3) is 5.69 Å². The van der Waals surface area contributed by atoms with E-state index in [9.17, 15) is 19.3 Å². The number of rotatable bonds is 3. The largest absolute Gasteiger partial charge is 0.477 e. The lowest BCUT2D eigenvalue weighted by molar-refractivity contribution is -0.385. The summed E-state index contributed by atoms with van der Waals surface area (Å²) in [6.07, 6.45) is 1.58. The summed E-state index contributed by atoms with van der Waals surface area (Å²) in [5, 5.41) is 19.8. The molecule has 1 unspecified atom stereocenters. The summed E-state index contributed by atoms with van der Waals surface area (Å²) in [6.45, 7) is 0.940. The first-order valence-electron chi connectivity index (χ1n) is 6.12. The van der Waals surface area contributed by atoms with Gasteiger partial charge >= 0.3 is 5.97 Å². The lowest BCUT2D eigenvalue weighted by Gasteiger charge is -2.32. The molecule has 1 atom stereocenters. The zero-order valence-electron chi connectivity index (χ0n) is 10.6. The van der Waals surface area contributed by atoms with Crippen LogP contribution in [0.1, 0.15) is 23.2 Å². The maximum Gasteiger partial charge on any atom is 0.342 e. The third-order valence-corrected chi connectivity index (χ3v) is 3.29. The number of carboxylic acid groups (broad SMARTS) is 1. The number of hydrogen-bond acceptors (Lipinski definition) is 5. The van der Waals surface area contributed by atoms with Gasteiger partial charge in [-0.15, -0.1) is 0 Å². The van der Waals surface area contributed by atoms with Crippen molar-refractivity contribution in [2.24, 2.45) is 5.73 Å². The van der Waals surface area contributed by atoms with Crippen molar-refractivity contribution in [3.05, 3.63) is 33.6 Å². The second kappa shape index (κ2) is 5.41. The van der Waals surface area contributed by atoms with Crippen molar-refractivity contribution in [1.82, 2.24) is 0 Å². The molecule has 1 aliphatic heterocycles. The minimum Gasteiger partial charge on any atom is -0.477 e. The highest BCUT2D eigenvalue weighted by atomic mass is 19.1. The minimum atomic E-state index is -1.46. The Balaban J connectivity index is 2.46. The van der Waals surface area contributed by atoms with Crippen LogP contribution in [0.3, 0.4) is 0 Å². The summed E-state index contributed by atoms with van der Waals surface area (Å²) in [4.78, 5) is 22.5. The third-order valence-electron chi connectivity index (χ3n) is 3.29. The molecule has 1 fully saturated rings. The molecule has 0 radical (unpaired) electrons. The molecule has 108 valence electrons. The van der Waals surface area contributed by atoms with Gasteiger partial charge in [0.2, 0.25) is 0 Å². The van der Waals surface area contributed by atoms with Crippen LogP contribution < -0.4 is 10.6 Å². The Morgan fingerprint density at radius 1 is 1.55 bits per heavy atom. The number of nitro benzene ring substituents is 1. The van der Waals surface area contributed by atoms with E-state index in [0.717, 1.165) is 18.9 Å². The molecule has 20 heavy (non-hydrogen) atoms. The first kappa shape index (κ1) is 14.2. The quantitative estimate of drug-likeness (QED) is 0.640. The van der Waals surface area contributed by atoms with Crippen molar-refractivity contribution < 1.29 is 19.2 Å². The number of carboxylic acids is 1. The topological polar surface area (TPSA) is 110 Å². The molecular formula is C12H14FN3O4. The number of aromatic carboxylic acids is 1. The van der Waals surface area contributed by atoms with Gasteiger partial charge in [0.15, 0.2) is 5.82 Å². The molecule has 3 N–H and O–H groups in total. The van der Waals surface area contributed by atoms with Crippen molar-refractivity contribution in [2.75, 3.05) is 18.0 Å². The van der Waals surface area contributed by atoms with Crippen LogP contribution in [0.15, 0.2) is 12.1 Å². The molecule has 1 aromatic carbocycles. The van der Waals surface area contributed by atoms with Crippen molar-refractivity contribution in [2.45, 2.75) is 18.9 Å². The van der Waals surface area contributed by atoms with Crippen LogP contribution in [0.2, 0.25) is 0 Å². The number of nitrogens with two attached hydrogens (primary N) is 1. The number of nitro groups is 1. The van der Waals surface area contributed by atoms with E-state index >= 15 is 0 Å². The highest BCUT2D eigenvalue weighted by Gasteiger charge is 2.27. The van der Waals surface area contributed by atoms with Crippen LogP contribution in [0.25, 0.3) is 0 Å². The lowest BCUT2D eigenvalue weighted by atomic mass is 10.0.